The summed E-state index contributed by atoms with van der Waals surface area (Å²) in [6.45, 7) is 2.00. The minimum Gasteiger partial charge on any atom is -0.493 e. The van der Waals surface area contributed by atoms with Crippen LogP contribution in [-0.4, -0.2) is 45.7 Å². The first kappa shape index (κ1) is 20.7. The standard InChI is InChI=1S/C22H21N5O3S/c1-14-4-7-16(8-5-14)23-21(28)13-31-22-25-24-20-11-9-17(26-27(20)22)15-6-10-18(29-2)19(12-15)30-3/h4-12H,13H2,1-3H3,(H,23,28). The molecule has 1 amide bonds. The summed E-state index contributed by atoms with van der Waals surface area (Å²) >= 11 is 1.27. The zero-order valence-corrected chi connectivity index (χ0v) is 18.1. The van der Waals surface area contributed by atoms with Gasteiger partial charge in [-0.1, -0.05) is 29.5 Å². The van der Waals surface area contributed by atoms with E-state index in [1.807, 2.05) is 61.5 Å². The topological polar surface area (TPSA) is 90.6 Å². The fourth-order valence-electron chi connectivity index (χ4n) is 2.97. The van der Waals surface area contributed by atoms with Crippen molar-refractivity contribution in [2.45, 2.75) is 12.1 Å². The molecular weight excluding hydrogens is 414 g/mol. The third kappa shape index (κ3) is 4.61. The average Bonchev–Trinajstić information content (AvgIpc) is 3.21. The molecule has 158 valence electrons. The number of ether oxygens (including phenoxy) is 2. The molecule has 9 heteroatoms. The van der Waals surface area contributed by atoms with E-state index in [4.69, 9.17) is 9.47 Å². The van der Waals surface area contributed by atoms with E-state index in [2.05, 4.69) is 20.6 Å². The highest BCUT2D eigenvalue weighted by Gasteiger charge is 2.13. The number of hydrogen-bond acceptors (Lipinski definition) is 7. The Morgan fingerprint density at radius 1 is 1.00 bits per heavy atom. The summed E-state index contributed by atoms with van der Waals surface area (Å²) in [6.07, 6.45) is 0. The first-order valence-electron chi connectivity index (χ1n) is 9.51. The number of carbonyl (C=O) groups excluding carboxylic acids is 1. The number of nitrogens with zero attached hydrogens (tertiary/aromatic N) is 4. The SMILES string of the molecule is COc1ccc(-c2ccc3nnc(SCC(=O)Nc4ccc(C)cc4)n3n2)cc1OC. The molecular formula is C22H21N5O3S. The van der Waals surface area contributed by atoms with Gasteiger partial charge in [-0.3, -0.25) is 4.79 Å². The Morgan fingerprint density at radius 2 is 1.77 bits per heavy atom. The second-order valence-corrected chi connectivity index (χ2v) is 7.69. The quantitative estimate of drug-likeness (QED) is 0.441. The van der Waals surface area contributed by atoms with E-state index in [9.17, 15) is 4.79 Å². The molecule has 2 heterocycles. The van der Waals surface area contributed by atoms with Crippen molar-refractivity contribution in [2.24, 2.45) is 0 Å². The molecule has 4 rings (SSSR count). The minimum absolute atomic E-state index is 0.123. The number of benzene rings is 2. The fourth-order valence-corrected chi connectivity index (χ4v) is 3.66. The predicted molar refractivity (Wildman–Crippen MR) is 120 cm³/mol. The summed E-state index contributed by atoms with van der Waals surface area (Å²) in [5.74, 6) is 1.33. The van der Waals surface area contributed by atoms with Crippen LogP contribution >= 0.6 is 11.8 Å². The summed E-state index contributed by atoms with van der Waals surface area (Å²) in [4.78, 5) is 12.3. The summed E-state index contributed by atoms with van der Waals surface area (Å²) in [5, 5.41) is 16.4. The summed E-state index contributed by atoms with van der Waals surface area (Å²) < 4.78 is 12.3. The summed E-state index contributed by atoms with van der Waals surface area (Å²) in [5.41, 5.74) is 4.08. The molecule has 0 aliphatic carbocycles. The molecule has 1 N–H and O–H groups in total. The largest absolute Gasteiger partial charge is 0.493 e. The lowest BCUT2D eigenvalue weighted by Crippen LogP contribution is -2.14. The maximum atomic E-state index is 12.3. The molecule has 0 unspecified atom stereocenters. The molecule has 2 aromatic heterocycles. The third-order valence-electron chi connectivity index (χ3n) is 4.58. The van der Waals surface area contributed by atoms with Gasteiger partial charge in [0.15, 0.2) is 17.1 Å². The number of methoxy groups -OCH3 is 2. The predicted octanol–water partition coefficient (Wildman–Crippen LogP) is 3.85. The Balaban J connectivity index is 1.52. The third-order valence-corrected chi connectivity index (χ3v) is 5.50. The van der Waals surface area contributed by atoms with E-state index in [0.29, 0.717) is 22.3 Å². The van der Waals surface area contributed by atoms with Crippen LogP contribution in [0.3, 0.4) is 0 Å². The molecule has 0 fully saturated rings. The van der Waals surface area contributed by atoms with Crippen LogP contribution in [0.1, 0.15) is 5.56 Å². The number of nitrogens with one attached hydrogen (secondary N) is 1. The Morgan fingerprint density at radius 3 is 2.52 bits per heavy atom. The molecule has 0 bridgehead atoms. The van der Waals surface area contributed by atoms with E-state index in [0.717, 1.165) is 22.5 Å². The number of carbonyl (C=O) groups is 1. The van der Waals surface area contributed by atoms with Crippen LogP contribution < -0.4 is 14.8 Å². The van der Waals surface area contributed by atoms with Crippen LogP contribution in [-0.2, 0) is 4.79 Å². The zero-order chi connectivity index (χ0) is 21.8. The number of aryl methyl sites for hydroxylation is 1. The first-order chi connectivity index (χ1) is 15.1. The molecule has 2 aromatic carbocycles. The Labute approximate surface area is 183 Å². The number of fused-ring (bicyclic) bond motifs is 1. The Hall–Kier alpha value is -3.59. The van der Waals surface area contributed by atoms with Gasteiger partial charge in [0.1, 0.15) is 0 Å². The van der Waals surface area contributed by atoms with E-state index in [1.165, 1.54) is 11.8 Å². The van der Waals surface area contributed by atoms with E-state index in [-0.39, 0.29) is 11.7 Å². The van der Waals surface area contributed by atoms with Crippen molar-refractivity contribution in [1.29, 1.82) is 0 Å². The van der Waals surface area contributed by atoms with E-state index < -0.39 is 0 Å². The highest BCUT2D eigenvalue weighted by Crippen LogP contribution is 2.31. The molecule has 0 radical (unpaired) electrons. The van der Waals surface area contributed by atoms with Crippen molar-refractivity contribution >= 4 is 29.0 Å². The number of hydrogen-bond donors (Lipinski definition) is 1. The highest BCUT2D eigenvalue weighted by atomic mass is 32.2. The normalized spacial score (nSPS) is 10.8. The number of thioether (sulfide) groups is 1. The molecule has 0 saturated carbocycles. The van der Waals surface area contributed by atoms with Gasteiger partial charge < -0.3 is 14.8 Å². The number of rotatable bonds is 7. The number of anilines is 1. The van der Waals surface area contributed by atoms with Crippen molar-refractivity contribution in [3.05, 3.63) is 60.2 Å². The lowest BCUT2D eigenvalue weighted by molar-refractivity contribution is -0.113. The molecule has 0 spiro atoms. The van der Waals surface area contributed by atoms with Crippen LogP contribution in [0.5, 0.6) is 11.5 Å². The van der Waals surface area contributed by atoms with Gasteiger partial charge in [-0.05, 0) is 49.4 Å². The fraction of sp³-hybridized carbons (Fsp3) is 0.182. The summed E-state index contributed by atoms with van der Waals surface area (Å²) in [6, 6.07) is 17.0. The molecule has 8 nitrogen and oxygen atoms in total. The van der Waals surface area contributed by atoms with Crippen LogP contribution in [0.25, 0.3) is 16.9 Å². The van der Waals surface area contributed by atoms with E-state index in [1.54, 1.807) is 18.7 Å². The molecule has 31 heavy (non-hydrogen) atoms. The lowest BCUT2D eigenvalue weighted by atomic mass is 10.1. The Kier molecular flexibility index (Phi) is 6.03. The number of aromatic nitrogens is 4. The van der Waals surface area contributed by atoms with Crippen LogP contribution in [0.15, 0.2) is 59.8 Å². The van der Waals surface area contributed by atoms with Crippen molar-refractivity contribution in [3.8, 4) is 22.8 Å². The van der Waals surface area contributed by atoms with Crippen molar-refractivity contribution < 1.29 is 14.3 Å². The van der Waals surface area contributed by atoms with Crippen molar-refractivity contribution in [3.63, 3.8) is 0 Å². The smallest absolute Gasteiger partial charge is 0.234 e. The number of amides is 1. The second kappa shape index (κ2) is 9.05. The van der Waals surface area contributed by atoms with Gasteiger partial charge in [-0.25, -0.2) is 0 Å². The van der Waals surface area contributed by atoms with Gasteiger partial charge >= 0.3 is 0 Å². The molecule has 0 atom stereocenters. The van der Waals surface area contributed by atoms with Gasteiger partial charge in [0, 0.05) is 11.3 Å². The van der Waals surface area contributed by atoms with Gasteiger partial charge in [-0.2, -0.15) is 9.61 Å². The maximum Gasteiger partial charge on any atom is 0.234 e. The van der Waals surface area contributed by atoms with Crippen LogP contribution in [0.4, 0.5) is 5.69 Å². The maximum absolute atomic E-state index is 12.3. The average molecular weight is 436 g/mol. The zero-order valence-electron chi connectivity index (χ0n) is 17.3. The van der Waals surface area contributed by atoms with Gasteiger partial charge in [-0.15, -0.1) is 10.2 Å². The monoisotopic (exact) mass is 435 g/mol. The second-order valence-electron chi connectivity index (χ2n) is 6.74. The molecule has 0 aliphatic rings. The van der Waals surface area contributed by atoms with E-state index >= 15 is 0 Å². The molecule has 4 aromatic rings. The highest BCUT2D eigenvalue weighted by molar-refractivity contribution is 7.99. The molecule has 0 aliphatic heterocycles. The lowest BCUT2D eigenvalue weighted by Gasteiger charge is -2.09. The Bertz CT molecular complexity index is 1220. The van der Waals surface area contributed by atoms with Gasteiger partial charge in [0.2, 0.25) is 11.1 Å². The van der Waals surface area contributed by atoms with Gasteiger partial charge in [0.05, 0.1) is 25.7 Å². The summed E-state index contributed by atoms with van der Waals surface area (Å²) in [7, 11) is 3.19. The first-order valence-corrected chi connectivity index (χ1v) is 10.5. The van der Waals surface area contributed by atoms with Crippen molar-refractivity contribution in [2.75, 3.05) is 25.3 Å². The van der Waals surface area contributed by atoms with Gasteiger partial charge in [0.25, 0.3) is 0 Å². The molecule has 0 saturated heterocycles. The minimum atomic E-state index is -0.123. The van der Waals surface area contributed by atoms with Crippen LogP contribution in [0, 0.1) is 6.92 Å². The van der Waals surface area contributed by atoms with Crippen molar-refractivity contribution in [1.82, 2.24) is 19.8 Å². The van der Waals surface area contributed by atoms with Crippen LogP contribution in [0.2, 0.25) is 0 Å².